The highest BCUT2D eigenvalue weighted by Crippen LogP contribution is 2.31. The van der Waals surface area contributed by atoms with Gasteiger partial charge < -0.3 is 19.4 Å². The first-order valence-corrected chi connectivity index (χ1v) is 8.24. The molecule has 0 amide bonds. The quantitative estimate of drug-likeness (QED) is 0.356. The summed E-state index contributed by atoms with van der Waals surface area (Å²) in [4.78, 5) is 16.6. The molecule has 2 aromatic carbocycles. The third-order valence-corrected chi connectivity index (χ3v) is 4.13. The zero-order chi connectivity index (χ0) is 19.0. The Bertz CT molecular complexity index is 1200. The van der Waals surface area contributed by atoms with E-state index in [0.717, 1.165) is 5.69 Å². The first-order valence-electron chi connectivity index (χ1n) is 8.24. The largest absolute Gasteiger partial charge is 0.502 e. The number of hydrogen-bond acceptors (Lipinski definition) is 5. The van der Waals surface area contributed by atoms with Crippen molar-refractivity contribution < 1.29 is 9.52 Å². The summed E-state index contributed by atoms with van der Waals surface area (Å²) in [5.41, 5.74) is 1.92. The molecule has 7 nitrogen and oxygen atoms in total. The number of fused-ring (bicyclic) bond motifs is 1. The van der Waals surface area contributed by atoms with E-state index in [1.54, 1.807) is 49.8 Å². The van der Waals surface area contributed by atoms with Crippen LogP contribution in [0.1, 0.15) is 6.92 Å². The van der Waals surface area contributed by atoms with Crippen LogP contribution in [-0.2, 0) is 0 Å². The second-order valence-corrected chi connectivity index (χ2v) is 6.09. The van der Waals surface area contributed by atoms with Crippen molar-refractivity contribution in [2.45, 2.75) is 6.92 Å². The molecule has 0 saturated carbocycles. The number of nitrogens with one attached hydrogen (secondary N) is 2. The zero-order valence-corrected chi connectivity index (χ0v) is 15.7. The SMILES string of the molecule is CC(=N)Nc1ccc2oc(-c3ccc(-n4ccnc4)cc3)c(O)c(=O)c2c1.Cl. The van der Waals surface area contributed by atoms with Gasteiger partial charge in [0.05, 0.1) is 17.5 Å². The lowest BCUT2D eigenvalue weighted by Gasteiger charge is -2.09. The van der Waals surface area contributed by atoms with Gasteiger partial charge in [0, 0.05) is 29.3 Å². The average Bonchev–Trinajstić information content (AvgIpc) is 3.19. The Labute approximate surface area is 166 Å². The third kappa shape index (κ3) is 3.47. The van der Waals surface area contributed by atoms with Crippen LogP contribution >= 0.6 is 12.4 Å². The summed E-state index contributed by atoms with van der Waals surface area (Å²) in [6.45, 7) is 1.60. The van der Waals surface area contributed by atoms with E-state index < -0.39 is 11.2 Å². The number of rotatable bonds is 3. The standard InChI is InChI=1S/C20H16N4O3.ClH/c1-12(21)23-14-4-7-17-16(10-14)18(25)19(26)20(27-17)13-2-5-15(6-3-13)24-9-8-22-11-24;/h2-11,26H,1H3,(H2,21,23);1H. The van der Waals surface area contributed by atoms with Gasteiger partial charge in [-0.15, -0.1) is 12.4 Å². The molecule has 0 aliphatic rings. The molecule has 28 heavy (non-hydrogen) atoms. The van der Waals surface area contributed by atoms with Crippen molar-refractivity contribution in [2.24, 2.45) is 0 Å². The lowest BCUT2D eigenvalue weighted by atomic mass is 10.1. The average molecular weight is 397 g/mol. The number of imidazole rings is 1. The number of aromatic hydroxyl groups is 1. The summed E-state index contributed by atoms with van der Waals surface area (Å²) in [6, 6.07) is 12.2. The second kappa shape index (κ2) is 7.58. The first-order chi connectivity index (χ1) is 13.0. The molecule has 0 radical (unpaired) electrons. The van der Waals surface area contributed by atoms with Crippen LogP contribution < -0.4 is 10.7 Å². The van der Waals surface area contributed by atoms with E-state index >= 15 is 0 Å². The molecule has 8 heteroatoms. The summed E-state index contributed by atoms with van der Waals surface area (Å²) < 4.78 is 7.65. The minimum Gasteiger partial charge on any atom is -0.502 e. The summed E-state index contributed by atoms with van der Waals surface area (Å²) in [7, 11) is 0. The number of aromatic nitrogens is 2. The molecule has 0 aliphatic carbocycles. The summed E-state index contributed by atoms with van der Waals surface area (Å²) in [6.07, 6.45) is 5.19. The van der Waals surface area contributed by atoms with Crippen molar-refractivity contribution in [2.75, 3.05) is 5.32 Å². The number of benzene rings is 2. The van der Waals surface area contributed by atoms with Crippen LogP contribution in [0, 0.1) is 5.41 Å². The van der Waals surface area contributed by atoms with Crippen LogP contribution in [0.25, 0.3) is 28.0 Å². The van der Waals surface area contributed by atoms with Gasteiger partial charge in [-0.1, -0.05) is 0 Å². The molecule has 2 aromatic heterocycles. The van der Waals surface area contributed by atoms with E-state index in [9.17, 15) is 9.90 Å². The predicted octanol–water partition coefficient (Wildman–Crippen LogP) is 4.18. The van der Waals surface area contributed by atoms with Crippen LogP contribution in [0.4, 0.5) is 5.69 Å². The van der Waals surface area contributed by atoms with E-state index in [4.69, 9.17) is 9.83 Å². The van der Waals surface area contributed by atoms with Crippen LogP contribution in [-0.4, -0.2) is 20.5 Å². The van der Waals surface area contributed by atoms with Crippen LogP contribution in [0.3, 0.4) is 0 Å². The molecule has 142 valence electrons. The molecular weight excluding hydrogens is 380 g/mol. The number of anilines is 1. The Morgan fingerprint density at radius 2 is 1.96 bits per heavy atom. The normalized spacial score (nSPS) is 10.5. The molecule has 2 heterocycles. The fraction of sp³-hybridized carbons (Fsp3) is 0.0500. The Kier molecular flexibility index (Phi) is 5.19. The van der Waals surface area contributed by atoms with E-state index in [-0.39, 0.29) is 29.4 Å². The number of halogens is 1. The molecule has 0 aliphatic heterocycles. The number of nitrogens with zero attached hydrogens (tertiary/aromatic N) is 2. The summed E-state index contributed by atoms with van der Waals surface area (Å²) >= 11 is 0. The minimum atomic E-state index is -0.517. The molecule has 0 atom stereocenters. The second-order valence-electron chi connectivity index (χ2n) is 6.09. The van der Waals surface area contributed by atoms with Crippen LogP contribution in [0.5, 0.6) is 5.75 Å². The summed E-state index contributed by atoms with van der Waals surface area (Å²) in [5.74, 6) is -0.0761. The topological polar surface area (TPSA) is 104 Å². The van der Waals surface area contributed by atoms with Gasteiger partial charge in [-0.3, -0.25) is 10.2 Å². The molecule has 3 N–H and O–H groups in total. The highest BCUT2D eigenvalue weighted by molar-refractivity contribution is 5.94. The third-order valence-electron chi connectivity index (χ3n) is 4.13. The van der Waals surface area contributed by atoms with Crippen molar-refractivity contribution in [1.29, 1.82) is 5.41 Å². The van der Waals surface area contributed by atoms with Gasteiger partial charge >= 0.3 is 0 Å². The van der Waals surface area contributed by atoms with Gasteiger partial charge in [0.1, 0.15) is 5.58 Å². The monoisotopic (exact) mass is 396 g/mol. The van der Waals surface area contributed by atoms with Crippen molar-refractivity contribution in [3.63, 3.8) is 0 Å². The van der Waals surface area contributed by atoms with Gasteiger partial charge in [-0.2, -0.15) is 0 Å². The number of amidine groups is 1. The molecule has 0 unspecified atom stereocenters. The minimum absolute atomic E-state index is 0. The lowest BCUT2D eigenvalue weighted by Crippen LogP contribution is -2.07. The summed E-state index contributed by atoms with van der Waals surface area (Å²) in [5, 5.41) is 20.9. The van der Waals surface area contributed by atoms with E-state index in [2.05, 4.69) is 10.3 Å². The molecule has 0 saturated heterocycles. The molecule has 4 aromatic rings. The van der Waals surface area contributed by atoms with Crippen LogP contribution in [0.15, 0.2) is 70.4 Å². The smallest absolute Gasteiger partial charge is 0.235 e. The maximum absolute atomic E-state index is 12.6. The van der Waals surface area contributed by atoms with Gasteiger partial charge in [0.25, 0.3) is 0 Å². The Morgan fingerprint density at radius 1 is 1.21 bits per heavy atom. The van der Waals surface area contributed by atoms with Gasteiger partial charge in [-0.05, 0) is 49.4 Å². The van der Waals surface area contributed by atoms with Crippen molar-refractivity contribution in [3.05, 3.63) is 71.4 Å². The van der Waals surface area contributed by atoms with Gasteiger partial charge in [0.15, 0.2) is 5.76 Å². The Balaban J connectivity index is 0.00000225. The van der Waals surface area contributed by atoms with Crippen molar-refractivity contribution >= 4 is 34.9 Å². The van der Waals surface area contributed by atoms with E-state index in [1.807, 2.05) is 22.9 Å². The fourth-order valence-electron chi connectivity index (χ4n) is 2.87. The maximum atomic E-state index is 12.6. The first kappa shape index (κ1) is 19.2. The van der Waals surface area contributed by atoms with Gasteiger partial charge in [0.2, 0.25) is 11.2 Å². The Morgan fingerprint density at radius 3 is 2.61 bits per heavy atom. The van der Waals surface area contributed by atoms with Crippen molar-refractivity contribution in [1.82, 2.24) is 9.55 Å². The Hall–Kier alpha value is -3.58. The van der Waals surface area contributed by atoms with Gasteiger partial charge in [-0.25, -0.2) is 4.98 Å². The molecule has 0 fully saturated rings. The van der Waals surface area contributed by atoms with E-state index in [1.165, 1.54) is 0 Å². The zero-order valence-electron chi connectivity index (χ0n) is 14.8. The number of hydrogen-bond donors (Lipinski definition) is 3. The highest BCUT2D eigenvalue weighted by Gasteiger charge is 2.16. The molecule has 0 bridgehead atoms. The molecule has 4 rings (SSSR count). The fourth-order valence-corrected chi connectivity index (χ4v) is 2.87. The van der Waals surface area contributed by atoms with Crippen molar-refractivity contribution in [3.8, 4) is 22.8 Å². The van der Waals surface area contributed by atoms with E-state index in [0.29, 0.717) is 16.8 Å². The lowest BCUT2D eigenvalue weighted by molar-refractivity contribution is 0.449. The predicted molar refractivity (Wildman–Crippen MR) is 111 cm³/mol. The van der Waals surface area contributed by atoms with Crippen LogP contribution in [0.2, 0.25) is 0 Å². The highest BCUT2D eigenvalue weighted by atomic mass is 35.5. The molecular formula is C20H17ClN4O3. The maximum Gasteiger partial charge on any atom is 0.235 e. The molecule has 0 spiro atoms.